The Bertz CT molecular complexity index is 620. The Kier molecular flexibility index (Phi) is 4.55. The lowest BCUT2D eigenvalue weighted by atomic mass is 9.91. The number of nitrogens with zero attached hydrogens (tertiary/aromatic N) is 2. The van der Waals surface area contributed by atoms with Crippen LogP contribution in [-0.2, 0) is 16.8 Å². The van der Waals surface area contributed by atoms with Crippen molar-refractivity contribution >= 4 is 5.82 Å². The molecule has 2 aromatic rings. The number of aromatic nitrogens is 2. The average Bonchev–Trinajstić information content (AvgIpc) is 2.47. The molecule has 0 fully saturated rings. The van der Waals surface area contributed by atoms with Gasteiger partial charge in [0.2, 0.25) is 0 Å². The number of benzene rings is 1. The van der Waals surface area contributed by atoms with Crippen LogP contribution in [0.25, 0.3) is 11.4 Å². The van der Waals surface area contributed by atoms with E-state index in [-0.39, 0.29) is 5.41 Å². The second kappa shape index (κ2) is 6.20. The number of methoxy groups -OCH3 is 1. The molecule has 1 aromatic heterocycles. The third kappa shape index (κ3) is 3.56. The molecule has 0 aliphatic rings. The Morgan fingerprint density at radius 3 is 2.52 bits per heavy atom. The molecule has 3 N–H and O–H groups in total. The van der Waals surface area contributed by atoms with Crippen molar-refractivity contribution in [1.82, 2.24) is 9.97 Å². The van der Waals surface area contributed by atoms with Crippen molar-refractivity contribution in [3.63, 3.8) is 0 Å². The van der Waals surface area contributed by atoms with Crippen molar-refractivity contribution in [1.29, 1.82) is 0 Å². The molecule has 0 unspecified atom stereocenters. The lowest BCUT2D eigenvalue weighted by molar-refractivity contribution is 0.185. The SMILES string of the molecule is COCc1ccccc1-c1nc(NN)cc(C(C)(C)C)n1. The topological polar surface area (TPSA) is 73.1 Å². The first-order valence-corrected chi connectivity index (χ1v) is 6.89. The molecule has 2 rings (SSSR count). The summed E-state index contributed by atoms with van der Waals surface area (Å²) in [5, 5.41) is 0. The number of anilines is 1. The van der Waals surface area contributed by atoms with E-state index < -0.39 is 0 Å². The van der Waals surface area contributed by atoms with E-state index in [9.17, 15) is 0 Å². The van der Waals surface area contributed by atoms with E-state index in [2.05, 4.69) is 31.2 Å². The Balaban J connectivity index is 2.58. The molecule has 0 radical (unpaired) electrons. The molecule has 112 valence electrons. The highest BCUT2D eigenvalue weighted by Gasteiger charge is 2.19. The molecule has 0 aliphatic heterocycles. The minimum Gasteiger partial charge on any atom is -0.380 e. The van der Waals surface area contributed by atoms with Crippen LogP contribution in [0.3, 0.4) is 0 Å². The first-order chi connectivity index (χ1) is 9.95. The van der Waals surface area contributed by atoms with Gasteiger partial charge in [-0.25, -0.2) is 15.8 Å². The van der Waals surface area contributed by atoms with Gasteiger partial charge >= 0.3 is 0 Å². The minimum atomic E-state index is -0.0838. The van der Waals surface area contributed by atoms with Gasteiger partial charge in [-0.15, -0.1) is 0 Å². The summed E-state index contributed by atoms with van der Waals surface area (Å²) in [5.74, 6) is 6.80. The second-order valence-electron chi connectivity index (χ2n) is 5.95. The van der Waals surface area contributed by atoms with Gasteiger partial charge in [-0.2, -0.15) is 0 Å². The van der Waals surface area contributed by atoms with Crippen LogP contribution in [-0.4, -0.2) is 17.1 Å². The van der Waals surface area contributed by atoms with E-state index in [1.807, 2.05) is 30.3 Å². The van der Waals surface area contributed by atoms with Crippen LogP contribution in [0.15, 0.2) is 30.3 Å². The smallest absolute Gasteiger partial charge is 0.162 e. The summed E-state index contributed by atoms with van der Waals surface area (Å²) >= 11 is 0. The molecule has 0 aliphatic carbocycles. The summed E-state index contributed by atoms with van der Waals surface area (Å²) in [5.41, 5.74) is 5.48. The fourth-order valence-corrected chi connectivity index (χ4v) is 2.05. The van der Waals surface area contributed by atoms with Crippen LogP contribution in [0.5, 0.6) is 0 Å². The van der Waals surface area contributed by atoms with Crippen molar-refractivity contribution in [2.75, 3.05) is 12.5 Å². The van der Waals surface area contributed by atoms with E-state index in [1.54, 1.807) is 7.11 Å². The Hall–Kier alpha value is -1.98. The number of rotatable bonds is 4. The highest BCUT2D eigenvalue weighted by atomic mass is 16.5. The van der Waals surface area contributed by atoms with E-state index in [0.29, 0.717) is 18.2 Å². The van der Waals surface area contributed by atoms with E-state index in [0.717, 1.165) is 16.8 Å². The van der Waals surface area contributed by atoms with Crippen LogP contribution < -0.4 is 11.3 Å². The first kappa shape index (κ1) is 15.4. The summed E-state index contributed by atoms with van der Waals surface area (Å²) in [7, 11) is 1.68. The van der Waals surface area contributed by atoms with Gasteiger partial charge in [0.25, 0.3) is 0 Å². The van der Waals surface area contributed by atoms with Crippen LogP contribution in [0, 0.1) is 0 Å². The average molecular weight is 286 g/mol. The lowest BCUT2D eigenvalue weighted by Crippen LogP contribution is -2.17. The van der Waals surface area contributed by atoms with Crippen LogP contribution in [0.2, 0.25) is 0 Å². The Labute approximate surface area is 125 Å². The fourth-order valence-electron chi connectivity index (χ4n) is 2.05. The van der Waals surface area contributed by atoms with Gasteiger partial charge in [0.15, 0.2) is 5.82 Å². The zero-order valence-corrected chi connectivity index (χ0v) is 13.0. The summed E-state index contributed by atoms with van der Waals surface area (Å²) < 4.78 is 5.25. The number of nitrogens with one attached hydrogen (secondary N) is 1. The van der Waals surface area contributed by atoms with Gasteiger partial charge in [0.05, 0.1) is 12.3 Å². The largest absolute Gasteiger partial charge is 0.380 e. The number of ether oxygens (including phenoxy) is 1. The quantitative estimate of drug-likeness (QED) is 0.668. The lowest BCUT2D eigenvalue weighted by Gasteiger charge is -2.20. The van der Waals surface area contributed by atoms with Crippen LogP contribution in [0.1, 0.15) is 32.0 Å². The minimum absolute atomic E-state index is 0.0838. The van der Waals surface area contributed by atoms with Gasteiger partial charge in [0.1, 0.15) is 5.82 Å². The maximum Gasteiger partial charge on any atom is 0.162 e. The molecule has 5 heteroatoms. The summed E-state index contributed by atoms with van der Waals surface area (Å²) in [4.78, 5) is 9.18. The highest BCUT2D eigenvalue weighted by Crippen LogP contribution is 2.27. The predicted octanol–water partition coefficient (Wildman–Crippen LogP) is 2.87. The molecular formula is C16H22N4O. The van der Waals surface area contributed by atoms with Gasteiger partial charge in [-0.1, -0.05) is 45.0 Å². The zero-order valence-electron chi connectivity index (χ0n) is 13.0. The Morgan fingerprint density at radius 2 is 1.90 bits per heavy atom. The van der Waals surface area contributed by atoms with Crippen LogP contribution >= 0.6 is 0 Å². The van der Waals surface area contributed by atoms with Gasteiger partial charge < -0.3 is 10.2 Å². The second-order valence-corrected chi connectivity index (χ2v) is 5.95. The standard InChI is InChI=1S/C16H22N4O/c1-16(2,3)13-9-14(20-17)19-15(18-13)12-8-6-5-7-11(12)10-21-4/h5-9H,10,17H2,1-4H3,(H,18,19,20). The molecule has 0 saturated heterocycles. The Morgan fingerprint density at radius 1 is 1.19 bits per heavy atom. The van der Waals surface area contributed by atoms with Crippen molar-refractivity contribution in [3.8, 4) is 11.4 Å². The first-order valence-electron chi connectivity index (χ1n) is 6.89. The molecule has 0 bridgehead atoms. The summed E-state index contributed by atoms with van der Waals surface area (Å²) in [6, 6.07) is 9.84. The fraction of sp³-hybridized carbons (Fsp3) is 0.375. The van der Waals surface area contributed by atoms with Gasteiger partial charge in [-0.05, 0) is 5.56 Å². The number of hydrazine groups is 1. The van der Waals surface area contributed by atoms with Crippen LogP contribution in [0.4, 0.5) is 5.82 Å². The van der Waals surface area contributed by atoms with Crippen molar-refractivity contribution < 1.29 is 4.74 Å². The number of hydrogen-bond donors (Lipinski definition) is 2. The van der Waals surface area contributed by atoms with E-state index in [4.69, 9.17) is 15.6 Å². The summed E-state index contributed by atoms with van der Waals surface area (Å²) in [6.07, 6.45) is 0. The number of hydrogen-bond acceptors (Lipinski definition) is 5. The molecule has 5 nitrogen and oxygen atoms in total. The van der Waals surface area contributed by atoms with Gasteiger partial charge in [0, 0.05) is 24.2 Å². The third-order valence-electron chi connectivity index (χ3n) is 3.20. The van der Waals surface area contributed by atoms with Crippen molar-refractivity contribution in [2.45, 2.75) is 32.8 Å². The number of nitrogen functional groups attached to an aromatic ring is 1. The van der Waals surface area contributed by atoms with Crippen molar-refractivity contribution in [3.05, 3.63) is 41.6 Å². The highest BCUT2D eigenvalue weighted by molar-refractivity contribution is 5.62. The van der Waals surface area contributed by atoms with E-state index in [1.165, 1.54) is 0 Å². The monoisotopic (exact) mass is 286 g/mol. The maximum atomic E-state index is 5.54. The van der Waals surface area contributed by atoms with Crippen molar-refractivity contribution in [2.24, 2.45) is 5.84 Å². The normalized spacial score (nSPS) is 11.5. The van der Waals surface area contributed by atoms with E-state index >= 15 is 0 Å². The molecule has 0 amide bonds. The molecule has 0 saturated carbocycles. The van der Waals surface area contributed by atoms with Gasteiger partial charge in [-0.3, -0.25) is 0 Å². The number of nitrogens with two attached hydrogens (primary N) is 1. The molecular weight excluding hydrogens is 264 g/mol. The molecule has 1 aromatic carbocycles. The maximum absolute atomic E-state index is 5.54. The molecule has 0 atom stereocenters. The molecule has 0 spiro atoms. The molecule has 1 heterocycles. The molecule has 21 heavy (non-hydrogen) atoms. The summed E-state index contributed by atoms with van der Waals surface area (Å²) in [6.45, 7) is 6.85. The zero-order chi connectivity index (χ0) is 15.5. The predicted molar refractivity (Wildman–Crippen MR) is 84.7 cm³/mol. The third-order valence-corrected chi connectivity index (χ3v) is 3.20.